The highest BCUT2D eigenvalue weighted by molar-refractivity contribution is 8.18. The molecule has 0 radical (unpaired) electrons. The maximum atomic E-state index is 13.8. The standard InChI is InChI=1S/C28H27FN2O5S/c1-17(2)36-26(32)15-30-27(33)25(37-28(30)34)14-21-13-18(3)31(19(21)4)22-9-11-23(12-10-22)35-16-20-7-5-6-8-24(20)29/h5-14,17H,15-16H2,1-4H3/b25-14+. The molecule has 9 heteroatoms. The zero-order valence-electron chi connectivity index (χ0n) is 21.0. The maximum Gasteiger partial charge on any atom is 0.326 e. The highest BCUT2D eigenvalue weighted by Gasteiger charge is 2.37. The van der Waals surface area contributed by atoms with E-state index in [1.807, 2.05) is 48.7 Å². The molecule has 1 aliphatic heterocycles. The summed E-state index contributed by atoms with van der Waals surface area (Å²) in [6.45, 7) is 6.99. The Hall–Kier alpha value is -3.85. The Morgan fingerprint density at radius 3 is 2.46 bits per heavy atom. The SMILES string of the molecule is Cc1cc(/C=C2/SC(=O)N(CC(=O)OC(C)C)C2=O)c(C)n1-c1ccc(OCc2ccccc2F)cc1. The van der Waals surface area contributed by atoms with Gasteiger partial charge in [0.1, 0.15) is 24.7 Å². The van der Waals surface area contributed by atoms with Crippen molar-refractivity contribution in [3.05, 3.63) is 87.8 Å². The number of aryl methyl sites for hydroxylation is 1. The van der Waals surface area contributed by atoms with E-state index in [1.165, 1.54) is 6.07 Å². The second kappa shape index (κ2) is 11.0. The third-order valence-corrected chi connectivity index (χ3v) is 6.64. The molecular weight excluding hydrogens is 495 g/mol. The van der Waals surface area contributed by atoms with Crippen molar-refractivity contribution < 1.29 is 28.2 Å². The van der Waals surface area contributed by atoms with Crippen molar-refractivity contribution in [1.29, 1.82) is 0 Å². The van der Waals surface area contributed by atoms with Crippen molar-refractivity contribution >= 4 is 35.0 Å². The van der Waals surface area contributed by atoms with Gasteiger partial charge in [-0.2, -0.15) is 0 Å². The molecule has 192 valence electrons. The van der Waals surface area contributed by atoms with E-state index in [1.54, 1.807) is 38.1 Å². The van der Waals surface area contributed by atoms with Gasteiger partial charge in [0, 0.05) is 22.6 Å². The number of benzene rings is 2. The number of rotatable bonds is 8. The number of ether oxygens (including phenoxy) is 2. The lowest BCUT2D eigenvalue weighted by atomic mass is 10.2. The van der Waals surface area contributed by atoms with Gasteiger partial charge in [-0.25, -0.2) is 4.39 Å². The molecule has 0 atom stereocenters. The van der Waals surface area contributed by atoms with Crippen LogP contribution < -0.4 is 4.74 Å². The molecule has 3 aromatic rings. The van der Waals surface area contributed by atoms with Gasteiger partial charge in [0.05, 0.1) is 11.0 Å². The van der Waals surface area contributed by atoms with E-state index < -0.39 is 23.7 Å². The van der Waals surface area contributed by atoms with Crippen molar-refractivity contribution in [3.8, 4) is 11.4 Å². The summed E-state index contributed by atoms with van der Waals surface area (Å²) >= 11 is 0.802. The number of aromatic nitrogens is 1. The van der Waals surface area contributed by atoms with E-state index in [4.69, 9.17) is 9.47 Å². The van der Waals surface area contributed by atoms with E-state index in [0.29, 0.717) is 11.3 Å². The Labute approximate surface area is 218 Å². The van der Waals surface area contributed by atoms with Crippen molar-refractivity contribution in [1.82, 2.24) is 9.47 Å². The Morgan fingerprint density at radius 1 is 1.08 bits per heavy atom. The molecule has 0 N–H and O–H groups in total. The Kier molecular flexibility index (Phi) is 7.83. The van der Waals surface area contributed by atoms with E-state index in [9.17, 15) is 18.8 Å². The summed E-state index contributed by atoms with van der Waals surface area (Å²) in [4.78, 5) is 38.3. The van der Waals surface area contributed by atoms with E-state index in [0.717, 1.165) is 39.3 Å². The van der Waals surface area contributed by atoms with Gasteiger partial charge in [-0.3, -0.25) is 19.3 Å². The largest absolute Gasteiger partial charge is 0.489 e. The lowest BCUT2D eigenvalue weighted by molar-refractivity contribution is -0.149. The number of imide groups is 1. The van der Waals surface area contributed by atoms with Crippen LogP contribution in [-0.4, -0.2) is 39.2 Å². The summed E-state index contributed by atoms with van der Waals surface area (Å²) in [5.74, 6) is -0.840. The van der Waals surface area contributed by atoms with Crippen LogP contribution in [0.15, 0.2) is 59.5 Å². The lowest BCUT2D eigenvalue weighted by Gasteiger charge is -2.13. The molecule has 4 rings (SSSR count). The number of nitrogens with zero attached hydrogens (tertiary/aromatic N) is 2. The molecule has 37 heavy (non-hydrogen) atoms. The first-order valence-corrected chi connectivity index (χ1v) is 12.6. The fourth-order valence-electron chi connectivity index (χ4n) is 4.01. The van der Waals surface area contributed by atoms with Crippen LogP contribution in [0.25, 0.3) is 11.8 Å². The highest BCUT2D eigenvalue weighted by atomic mass is 32.2. The molecule has 0 aliphatic carbocycles. The van der Waals surface area contributed by atoms with Crippen molar-refractivity contribution in [2.24, 2.45) is 0 Å². The topological polar surface area (TPSA) is 77.8 Å². The number of thioether (sulfide) groups is 1. The van der Waals surface area contributed by atoms with Crippen LogP contribution in [0.4, 0.5) is 9.18 Å². The predicted octanol–water partition coefficient (Wildman–Crippen LogP) is 5.80. The number of carbonyl (C=O) groups is 3. The molecule has 2 amide bonds. The van der Waals surface area contributed by atoms with Crippen LogP contribution >= 0.6 is 11.8 Å². The zero-order valence-corrected chi connectivity index (χ0v) is 21.8. The third kappa shape index (κ3) is 5.94. The molecule has 2 heterocycles. The van der Waals surface area contributed by atoms with E-state index >= 15 is 0 Å². The Bertz CT molecular complexity index is 1380. The fraction of sp³-hybridized carbons (Fsp3) is 0.250. The molecule has 7 nitrogen and oxygen atoms in total. The average molecular weight is 523 g/mol. The Balaban J connectivity index is 1.49. The normalized spacial score (nSPS) is 14.6. The minimum absolute atomic E-state index is 0.127. The number of hydrogen-bond donors (Lipinski definition) is 0. The van der Waals surface area contributed by atoms with Crippen molar-refractivity contribution in [3.63, 3.8) is 0 Å². The maximum absolute atomic E-state index is 13.8. The molecular formula is C28H27FN2O5S. The minimum Gasteiger partial charge on any atom is -0.489 e. The van der Waals surface area contributed by atoms with Crippen LogP contribution in [0.3, 0.4) is 0 Å². The molecule has 0 saturated carbocycles. The number of esters is 1. The summed E-state index contributed by atoms with van der Waals surface area (Å²) in [5, 5.41) is -0.503. The van der Waals surface area contributed by atoms with Crippen molar-refractivity contribution in [2.45, 2.75) is 40.4 Å². The average Bonchev–Trinajstić information content (AvgIpc) is 3.27. The van der Waals surface area contributed by atoms with E-state index in [2.05, 4.69) is 0 Å². The number of carbonyl (C=O) groups excluding carboxylic acids is 3. The summed E-state index contributed by atoms with van der Waals surface area (Å²) in [5.41, 5.74) is 3.96. The minimum atomic E-state index is -0.627. The number of hydrogen-bond acceptors (Lipinski definition) is 6. The smallest absolute Gasteiger partial charge is 0.326 e. The molecule has 0 unspecified atom stereocenters. The van der Waals surface area contributed by atoms with Crippen molar-refractivity contribution in [2.75, 3.05) is 6.54 Å². The second-order valence-corrected chi connectivity index (χ2v) is 9.84. The molecule has 1 aliphatic rings. The predicted molar refractivity (Wildman–Crippen MR) is 140 cm³/mol. The van der Waals surface area contributed by atoms with Gasteiger partial charge in [0.15, 0.2) is 0 Å². The first-order valence-electron chi connectivity index (χ1n) is 11.7. The molecule has 1 aromatic heterocycles. The van der Waals surface area contributed by atoms with Crippen LogP contribution in [-0.2, 0) is 20.9 Å². The fourth-order valence-corrected chi connectivity index (χ4v) is 4.83. The molecule has 1 saturated heterocycles. The highest BCUT2D eigenvalue weighted by Crippen LogP contribution is 2.34. The van der Waals surface area contributed by atoms with Gasteiger partial charge < -0.3 is 14.0 Å². The van der Waals surface area contributed by atoms with Crippen LogP contribution in [0.5, 0.6) is 5.75 Å². The first kappa shape index (κ1) is 26.2. The second-order valence-electron chi connectivity index (χ2n) is 8.84. The summed E-state index contributed by atoms with van der Waals surface area (Å²) in [6, 6.07) is 15.8. The first-order chi connectivity index (χ1) is 17.6. The zero-order chi connectivity index (χ0) is 26.7. The quantitative estimate of drug-likeness (QED) is 0.275. The molecule has 1 fully saturated rings. The van der Waals surface area contributed by atoms with Crippen LogP contribution in [0, 0.1) is 19.7 Å². The van der Waals surface area contributed by atoms with Gasteiger partial charge in [-0.05, 0) is 87.5 Å². The van der Waals surface area contributed by atoms with Gasteiger partial charge in [0.2, 0.25) is 0 Å². The lowest BCUT2D eigenvalue weighted by Crippen LogP contribution is -2.35. The van der Waals surface area contributed by atoms with Gasteiger partial charge in [0.25, 0.3) is 11.1 Å². The van der Waals surface area contributed by atoms with Crippen LogP contribution in [0.1, 0.15) is 36.4 Å². The molecule has 2 aromatic carbocycles. The number of halogens is 1. The summed E-state index contributed by atoms with van der Waals surface area (Å²) in [7, 11) is 0. The summed E-state index contributed by atoms with van der Waals surface area (Å²) < 4.78 is 26.6. The molecule has 0 spiro atoms. The van der Waals surface area contributed by atoms with Crippen LogP contribution in [0.2, 0.25) is 0 Å². The Morgan fingerprint density at radius 2 is 1.78 bits per heavy atom. The third-order valence-electron chi connectivity index (χ3n) is 5.73. The van der Waals surface area contributed by atoms with Gasteiger partial charge >= 0.3 is 5.97 Å². The number of amides is 2. The van der Waals surface area contributed by atoms with Gasteiger partial charge in [-0.1, -0.05) is 18.2 Å². The molecule has 0 bridgehead atoms. The summed E-state index contributed by atoms with van der Waals surface area (Å²) in [6.07, 6.45) is 1.34. The monoisotopic (exact) mass is 522 g/mol. The van der Waals surface area contributed by atoms with Gasteiger partial charge in [-0.15, -0.1) is 0 Å². The van der Waals surface area contributed by atoms with E-state index in [-0.39, 0.29) is 23.4 Å².